The van der Waals surface area contributed by atoms with Crippen LogP contribution in [0, 0.1) is 0 Å². The Kier molecular flexibility index (Phi) is 4.39. The molecule has 1 unspecified atom stereocenters. The molecule has 1 saturated heterocycles. The summed E-state index contributed by atoms with van der Waals surface area (Å²) in [6.07, 6.45) is 6.54. The lowest BCUT2D eigenvalue weighted by Crippen LogP contribution is -2.36. The molecule has 1 fully saturated rings. The molecule has 1 atom stereocenters. The van der Waals surface area contributed by atoms with Crippen LogP contribution in [0.4, 0.5) is 0 Å². The van der Waals surface area contributed by atoms with Crippen molar-refractivity contribution in [2.45, 2.75) is 50.8 Å². The molecule has 1 aliphatic rings. The monoisotopic (exact) mass is 284 g/mol. The van der Waals surface area contributed by atoms with Crippen LogP contribution in [0.2, 0.25) is 0 Å². The Labute approximate surface area is 114 Å². The van der Waals surface area contributed by atoms with Gasteiger partial charge in [-0.1, -0.05) is 13.3 Å². The van der Waals surface area contributed by atoms with Crippen LogP contribution in [0.5, 0.6) is 0 Å². The summed E-state index contributed by atoms with van der Waals surface area (Å²) in [4.78, 5) is 16.4. The number of aromatic nitrogens is 2. The van der Waals surface area contributed by atoms with Crippen LogP contribution in [-0.4, -0.2) is 34.8 Å². The second-order valence-corrected chi connectivity index (χ2v) is 7.33. The predicted molar refractivity (Wildman–Crippen MR) is 72.7 cm³/mol. The first-order valence-electron chi connectivity index (χ1n) is 6.79. The van der Waals surface area contributed by atoms with Crippen molar-refractivity contribution in [2.24, 2.45) is 0 Å². The minimum absolute atomic E-state index is 0.122. The number of nitrogens with zero attached hydrogens (tertiary/aromatic N) is 2. The summed E-state index contributed by atoms with van der Waals surface area (Å²) < 4.78 is 25.8. The van der Waals surface area contributed by atoms with Crippen molar-refractivity contribution < 1.29 is 13.2 Å². The summed E-state index contributed by atoms with van der Waals surface area (Å²) in [6.45, 7) is 2.86. The largest absolute Gasteiger partial charge is 0.335 e. The van der Waals surface area contributed by atoms with E-state index in [4.69, 9.17) is 0 Å². The van der Waals surface area contributed by atoms with E-state index in [0.29, 0.717) is 18.7 Å². The van der Waals surface area contributed by atoms with Gasteiger partial charge in [0.2, 0.25) is 0 Å². The van der Waals surface area contributed by atoms with Crippen LogP contribution in [0.3, 0.4) is 0 Å². The molecule has 1 aliphatic heterocycles. The average molecular weight is 284 g/mol. The Hall–Kier alpha value is -1.17. The van der Waals surface area contributed by atoms with Crippen molar-refractivity contribution in [3.05, 3.63) is 18.2 Å². The lowest BCUT2D eigenvalue weighted by molar-refractivity contribution is -0.118. The fraction of sp³-hybridized carbons (Fsp3) is 0.692. The minimum atomic E-state index is -3.24. The summed E-state index contributed by atoms with van der Waals surface area (Å²) in [7, 11) is -3.24. The van der Waals surface area contributed by atoms with Gasteiger partial charge in [-0.15, -0.1) is 0 Å². The third-order valence-electron chi connectivity index (χ3n) is 3.54. The summed E-state index contributed by atoms with van der Waals surface area (Å²) in [5, 5.41) is -0.812. The molecule has 0 saturated carbocycles. The summed E-state index contributed by atoms with van der Waals surface area (Å²) >= 11 is 0. The maximum atomic E-state index is 12.2. The molecular formula is C13H20N2O3S. The molecule has 0 spiro atoms. The Morgan fingerprint density at radius 2 is 2.26 bits per heavy atom. The Morgan fingerprint density at radius 1 is 1.47 bits per heavy atom. The van der Waals surface area contributed by atoms with E-state index in [-0.39, 0.29) is 18.0 Å². The van der Waals surface area contributed by atoms with E-state index in [1.165, 1.54) is 0 Å². The topological polar surface area (TPSA) is 69.0 Å². The van der Waals surface area contributed by atoms with E-state index >= 15 is 0 Å². The fourth-order valence-electron chi connectivity index (χ4n) is 2.54. The highest BCUT2D eigenvalue weighted by molar-refractivity contribution is 7.92. The van der Waals surface area contributed by atoms with Gasteiger partial charge in [-0.2, -0.15) is 0 Å². The number of ketones is 1. The number of aryl methyl sites for hydroxylation is 1. The highest BCUT2D eigenvalue weighted by Gasteiger charge is 2.34. The second-order valence-electron chi connectivity index (χ2n) is 5.03. The quantitative estimate of drug-likeness (QED) is 0.819. The number of carbonyl (C=O) groups is 1. The molecule has 2 heterocycles. The number of rotatable bonds is 5. The molecular weight excluding hydrogens is 264 g/mol. The molecule has 5 nitrogen and oxygen atoms in total. The normalized spacial score (nSPS) is 22.3. The Morgan fingerprint density at radius 3 is 2.95 bits per heavy atom. The predicted octanol–water partition coefficient (Wildman–Crippen LogP) is 1.37. The smallest absolute Gasteiger partial charge is 0.160 e. The SMILES string of the molecule is CCCn1ccnc1CC(=O)C1CCCCS1(=O)=O. The minimum Gasteiger partial charge on any atom is -0.335 e. The highest BCUT2D eigenvalue weighted by Crippen LogP contribution is 2.21. The Balaban J connectivity index is 2.10. The molecule has 2 rings (SSSR count). The van der Waals surface area contributed by atoms with Crippen LogP contribution in [0.25, 0.3) is 0 Å². The van der Waals surface area contributed by atoms with E-state index in [2.05, 4.69) is 11.9 Å². The summed E-state index contributed by atoms with van der Waals surface area (Å²) in [5.41, 5.74) is 0. The maximum Gasteiger partial charge on any atom is 0.160 e. The standard InChI is InChI=1S/C13H20N2O3S/c1-2-7-15-8-6-14-13(15)10-11(16)12-5-3-4-9-19(12,17)18/h6,8,12H,2-5,7,9-10H2,1H3. The zero-order valence-corrected chi connectivity index (χ0v) is 12.0. The number of Topliss-reactive ketones (excluding diaryl/α,β-unsaturated/α-hetero) is 1. The van der Waals surface area contributed by atoms with Gasteiger partial charge < -0.3 is 4.57 Å². The van der Waals surface area contributed by atoms with Gasteiger partial charge in [-0.05, 0) is 19.3 Å². The summed E-state index contributed by atoms with van der Waals surface area (Å²) in [6, 6.07) is 0. The van der Waals surface area contributed by atoms with Gasteiger partial charge in [0.25, 0.3) is 0 Å². The van der Waals surface area contributed by atoms with Crippen LogP contribution >= 0.6 is 0 Å². The van der Waals surface area contributed by atoms with Crippen molar-refractivity contribution in [2.75, 3.05) is 5.75 Å². The number of hydrogen-bond donors (Lipinski definition) is 0. The van der Waals surface area contributed by atoms with Gasteiger partial charge in [0.05, 0.1) is 12.2 Å². The van der Waals surface area contributed by atoms with Crippen molar-refractivity contribution in [1.82, 2.24) is 9.55 Å². The Bertz CT molecular complexity index is 548. The van der Waals surface area contributed by atoms with Crippen molar-refractivity contribution in [3.63, 3.8) is 0 Å². The van der Waals surface area contributed by atoms with Crippen LogP contribution in [0.15, 0.2) is 12.4 Å². The number of sulfone groups is 1. The van der Waals surface area contributed by atoms with E-state index < -0.39 is 15.1 Å². The van der Waals surface area contributed by atoms with Gasteiger partial charge >= 0.3 is 0 Å². The van der Waals surface area contributed by atoms with Crippen LogP contribution in [-0.2, 0) is 27.6 Å². The first-order chi connectivity index (χ1) is 9.04. The molecule has 19 heavy (non-hydrogen) atoms. The van der Waals surface area contributed by atoms with E-state index in [1.54, 1.807) is 6.20 Å². The fourth-order valence-corrected chi connectivity index (χ4v) is 4.44. The lowest BCUT2D eigenvalue weighted by atomic mass is 10.1. The van der Waals surface area contributed by atoms with Gasteiger partial charge in [-0.25, -0.2) is 13.4 Å². The molecule has 0 amide bonds. The number of imidazole rings is 1. The van der Waals surface area contributed by atoms with Gasteiger partial charge in [0.15, 0.2) is 15.6 Å². The van der Waals surface area contributed by atoms with Gasteiger partial charge in [-0.3, -0.25) is 4.79 Å². The second kappa shape index (κ2) is 5.86. The van der Waals surface area contributed by atoms with Crippen molar-refractivity contribution in [1.29, 1.82) is 0 Å². The molecule has 0 aliphatic carbocycles. The first kappa shape index (κ1) is 14.2. The van der Waals surface area contributed by atoms with E-state index in [9.17, 15) is 13.2 Å². The highest BCUT2D eigenvalue weighted by atomic mass is 32.2. The van der Waals surface area contributed by atoms with E-state index in [1.807, 2.05) is 10.8 Å². The molecule has 0 radical (unpaired) electrons. The zero-order valence-electron chi connectivity index (χ0n) is 11.2. The molecule has 0 N–H and O–H groups in total. The summed E-state index contributed by atoms with van der Waals surface area (Å²) in [5.74, 6) is 0.614. The zero-order chi connectivity index (χ0) is 13.9. The number of hydrogen-bond acceptors (Lipinski definition) is 4. The molecule has 6 heteroatoms. The van der Waals surface area contributed by atoms with E-state index in [0.717, 1.165) is 19.4 Å². The van der Waals surface area contributed by atoms with Crippen LogP contribution in [0.1, 0.15) is 38.4 Å². The first-order valence-corrected chi connectivity index (χ1v) is 8.50. The van der Waals surface area contributed by atoms with Gasteiger partial charge in [0.1, 0.15) is 11.1 Å². The lowest BCUT2D eigenvalue weighted by Gasteiger charge is -2.21. The van der Waals surface area contributed by atoms with Crippen molar-refractivity contribution >= 4 is 15.6 Å². The third kappa shape index (κ3) is 3.23. The average Bonchev–Trinajstić information content (AvgIpc) is 2.76. The molecule has 0 aromatic carbocycles. The third-order valence-corrected chi connectivity index (χ3v) is 5.76. The molecule has 1 aromatic heterocycles. The maximum absolute atomic E-state index is 12.2. The number of carbonyl (C=O) groups excluding carboxylic acids is 1. The van der Waals surface area contributed by atoms with Gasteiger partial charge in [0, 0.05) is 18.9 Å². The van der Waals surface area contributed by atoms with Crippen LogP contribution < -0.4 is 0 Å². The van der Waals surface area contributed by atoms with Crippen molar-refractivity contribution in [3.8, 4) is 0 Å². The molecule has 0 bridgehead atoms. The molecule has 106 valence electrons. The molecule has 1 aromatic rings.